The van der Waals surface area contributed by atoms with Crippen LogP contribution in [0.3, 0.4) is 0 Å². The van der Waals surface area contributed by atoms with Crippen LogP contribution < -0.4 is 14.8 Å². The van der Waals surface area contributed by atoms with E-state index >= 15 is 0 Å². The van der Waals surface area contributed by atoms with Gasteiger partial charge in [0.2, 0.25) is 0 Å². The summed E-state index contributed by atoms with van der Waals surface area (Å²) in [6.07, 6.45) is 0. The van der Waals surface area contributed by atoms with Crippen LogP contribution in [0.1, 0.15) is 53.0 Å². The normalized spacial score (nSPS) is 10.7. The Morgan fingerprint density at radius 1 is 1.00 bits per heavy atom. The van der Waals surface area contributed by atoms with E-state index in [0.29, 0.717) is 39.1 Å². The Bertz CT molecular complexity index is 1100. The second-order valence-corrected chi connectivity index (χ2v) is 8.25. The van der Waals surface area contributed by atoms with E-state index in [1.807, 2.05) is 23.6 Å². The van der Waals surface area contributed by atoms with Crippen LogP contribution >= 0.6 is 11.3 Å². The third-order valence-corrected chi connectivity index (χ3v) is 5.93. The number of ether oxygens (including phenoxy) is 3. The number of nitrogens with one attached hydrogen (secondary N) is 1. The molecular weight excluding hydrogens is 426 g/mol. The second-order valence-electron chi connectivity index (χ2n) is 7.37. The van der Waals surface area contributed by atoms with Gasteiger partial charge in [0.05, 0.1) is 20.8 Å². The van der Waals surface area contributed by atoms with Crippen molar-refractivity contribution in [3.8, 4) is 22.6 Å². The summed E-state index contributed by atoms with van der Waals surface area (Å²) in [5.41, 5.74) is 3.39. The summed E-state index contributed by atoms with van der Waals surface area (Å²) in [5.74, 6) is 0.726. The van der Waals surface area contributed by atoms with Crippen LogP contribution in [0, 0.1) is 0 Å². The maximum atomic E-state index is 12.9. The number of esters is 1. The molecule has 0 unspecified atom stereocenters. The van der Waals surface area contributed by atoms with Crippen molar-refractivity contribution >= 4 is 28.2 Å². The summed E-state index contributed by atoms with van der Waals surface area (Å²) in [6.45, 7) is 6.17. The Balaban J connectivity index is 1.97. The van der Waals surface area contributed by atoms with Crippen molar-refractivity contribution in [1.82, 2.24) is 0 Å². The Morgan fingerprint density at radius 3 is 2.28 bits per heavy atom. The minimum absolute atomic E-state index is 0.226. The number of benzene rings is 2. The van der Waals surface area contributed by atoms with Gasteiger partial charge in [0.15, 0.2) is 11.5 Å². The molecular formula is C25H27NO5S. The monoisotopic (exact) mass is 453 g/mol. The Morgan fingerprint density at radius 2 is 1.69 bits per heavy atom. The number of methoxy groups -OCH3 is 2. The Labute approximate surface area is 192 Å². The van der Waals surface area contributed by atoms with Crippen molar-refractivity contribution < 1.29 is 23.8 Å². The molecule has 0 saturated heterocycles. The van der Waals surface area contributed by atoms with Crippen LogP contribution in [0.25, 0.3) is 11.1 Å². The van der Waals surface area contributed by atoms with Gasteiger partial charge in [-0.15, -0.1) is 11.3 Å². The fourth-order valence-electron chi connectivity index (χ4n) is 3.27. The SMILES string of the molecule is CCOC(=O)c1c(-c2ccc(OC)c(OC)c2)csc1NC(=O)c1ccc(C(C)C)cc1. The average Bonchev–Trinajstić information content (AvgIpc) is 3.22. The van der Waals surface area contributed by atoms with E-state index in [-0.39, 0.29) is 12.5 Å². The summed E-state index contributed by atoms with van der Waals surface area (Å²) >= 11 is 1.27. The molecule has 7 heteroatoms. The van der Waals surface area contributed by atoms with Gasteiger partial charge in [-0.2, -0.15) is 0 Å². The van der Waals surface area contributed by atoms with Crippen molar-refractivity contribution in [3.63, 3.8) is 0 Å². The number of hydrogen-bond donors (Lipinski definition) is 1. The van der Waals surface area contributed by atoms with Gasteiger partial charge in [-0.3, -0.25) is 4.79 Å². The van der Waals surface area contributed by atoms with Crippen molar-refractivity contribution in [1.29, 1.82) is 0 Å². The lowest BCUT2D eigenvalue weighted by molar-refractivity contribution is 0.0529. The zero-order chi connectivity index (χ0) is 23.3. The molecule has 1 N–H and O–H groups in total. The summed E-state index contributed by atoms with van der Waals surface area (Å²) in [6, 6.07) is 12.9. The van der Waals surface area contributed by atoms with Gasteiger partial charge in [0.25, 0.3) is 5.91 Å². The number of amides is 1. The number of thiophene rings is 1. The molecule has 0 spiro atoms. The lowest BCUT2D eigenvalue weighted by Gasteiger charge is -2.12. The molecule has 0 radical (unpaired) electrons. The molecule has 1 heterocycles. The Hall–Kier alpha value is -3.32. The molecule has 0 aliphatic heterocycles. The lowest BCUT2D eigenvalue weighted by Crippen LogP contribution is -2.15. The van der Waals surface area contributed by atoms with Crippen LogP contribution in [-0.2, 0) is 4.74 Å². The Kier molecular flexibility index (Phi) is 7.53. The van der Waals surface area contributed by atoms with Crippen LogP contribution in [-0.4, -0.2) is 32.7 Å². The van der Waals surface area contributed by atoms with Gasteiger partial charge in [-0.25, -0.2) is 4.79 Å². The molecule has 3 aromatic rings. The zero-order valence-corrected chi connectivity index (χ0v) is 19.7. The lowest BCUT2D eigenvalue weighted by atomic mass is 10.0. The molecule has 0 aliphatic rings. The maximum Gasteiger partial charge on any atom is 0.341 e. The van der Waals surface area contributed by atoms with E-state index in [0.717, 1.165) is 11.1 Å². The average molecular weight is 454 g/mol. The number of hydrogen-bond acceptors (Lipinski definition) is 6. The predicted octanol–water partition coefficient (Wildman–Crippen LogP) is 5.98. The highest BCUT2D eigenvalue weighted by Gasteiger charge is 2.24. The smallest absolute Gasteiger partial charge is 0.341 e. The minimum atomic E-state index is -0.496. The van der Waals surface area contributed by atoms with Gasteiger partial charge < -0.3 is 19.5 Å². The van der Waals surface area contributed by atoms with Crippen LogP contribution in [0.5, 0.6) is 11.5 Å². The molecule has 0 fully saturated rings. The molecule has 32 heavy (non-hydrogen) atoms. The topological polar surface area (TPSA) is 73.9 Å². The van der Waals surface area contributed by atoms with Crippen molar-refractivity contribution in [2.45, 2.75) is 26.7 Å². The molecule has 1 amide bonds. The molecule has 0 aliphatic carbocycles. The summed E-state index contributed by atoms with van der Waals surface area (Å²) in [5, 5.41) is 5.14. The first-order chi connectivity index (χ1) is 15.4. The number of carbonyl (C=O) groups excluding carboxylic acids is 2. The van der Waals surface area contributed by atoms with E-state index in [2.05, 4.69) is 19.2 Å². The molecule has 3 rings (SSSR count). The van der Waals surface area contributed by atoms with Crippen LogP contribution in [0.15, 0.2) is 47.8 Å². The summed E-state index contributed by atoms with van der Waals surface area (Å²) in [4.78, 5) is 25.7. The van der Waals surface area contributed by atoms with Crippen molar-refractivity contribution in [2.75, 3.05) is 26.1 Å². The summed E-state index contributed by atoms with van der Waals surface area (Å²) < 4.78 is 16.0. The standard InChI is InChI=1S/C25H27NO5S/c1-6-31-25(28)22-19(18-11-12-20(29-4)21(13-18)30-5)14-32-24(22)26-23(27)17-9-7-16(8-10-17)15(2)3/h7-15H,6H2,1-5H3,(H,26,27). The second kappa shape index (κ2) is 10.3. The first kappa shape index (κ1) is 23.3. The van der Waals surface area contributed by atoms with Gasteiger partial charge in [-0.1, -0.05) is 32.0 Å². The van der Waals surface area contributed by atoms with E-state index in [9.17, 15) is 9.59 Å². The predicted molar refractivity (Wildman–Crippen MR) is 127 cm³/mol. The maximum absolute atomic E-state index is 12.9. The first-order valence-corrected chi connectivity index (χ1v) is 11.2. The molecule has 6 nitrogen and oxygen atoms in total. The molecule has 168 valence electrons. The number of rotatable bonds is 8. The molecule has 0 bridgehead atoms. The summed E-state index contributed by atoms with van der Waals surface area (Å²) in [7, 11) is 3.12. The van der Waals surface area contributed by atoms with E-state index in [1.54, 1.807) is 45.4 Å². The van der Waals surface area contributed by atoms with Gasteiger partial charge in [0.1, 0.15) is 10.6 Å². The van der Waals surface area contributed by atoms with Crippen molar-refractivity contribution in [3.05, 3.63) is 64.5 Å². The van der Waals surface area contributed by atoms with E-state index in [1.165, 1.54) is 11.3 Å². The minimum Gasteiger partial charge on any atom is -0.493 e. The number of carbonyl (C=O) groups is 2. The molecule has 0 atom stereocenters. The zero-order valence-electron chi connectivity index (χ0n) is 18.9. The fraction of sp³-hybridized carbons (Fsp3) is 0.280. The highest BCUT2D eigenvalue weighted by molar-refractivity contribution is 7.15. The fourth-order valence-corrected chi connectivity index (χ4v) is 4.22. The third kappa shape index (κ3) is 4.94. The largest absolute Gasteiger partial charge is 0.493 e. The van der Waals surface area contributed by atoms with Gasteiger partial charge in [-0.05, 0) is 48.2 Å². The molecule has 1 aromatic heterocycles. The number of anilines is 1. The van der Waals surface area contributed by atoms with Crippen LogP contribution in [0.4, 0.5) is 5.00 Å². The van der Waals surface area contributed by atoms with Gasteiger partial charge >= 0.3 is 5.97 Å². The molecule has 0 saturated carbocycles. The van der Waals surface area contributed by atoms with Crippen molar-refractivity contribution in [2.24, 2.45) is 0 Å². The molecule has 2 aromatic carbocycles. The third-order valence-electron chi connectivity index (χ3n) is 5.03. The van der Waals surface area contributed by atoms with Crippen LogP contribution in [0.2, 0.25) is 0 Å². The van der Waals surface area contributed by atoms with E-state index < -0.39 is 5.97 Å². The highest BCUT2D eigenvalue weighted by Crippen LogP contribution is 2.39. The van der Waals surface area contributed by atoms with E-state index in [4.69, 9.17) is 14.2 Å². The quantitative estimate of drug-likeness (QED) is 0.425. The highest BCUT2D eigenvalue weighted by atomic mass is 32.1. The van der Waals surface area contributed by atoms with Gasteiger partial charge in [0, 0.05) is 16.5 Å². The first-order valence-electron chi connectivity index (χ1n) is 10.3.